The van der Waals surface area contributed by atoms with E-state index in [1.807, 2.05) is 23.3 Å². The highest BCUT2D eigenvalue weighted by Gasteiger charge is 2.31. The second-order valence-electron chi connectivity index (χ2n) is 8.14. The van der Waals surface area contributed by atoms with Gasteiger partial charge < -0.3 is 15.6 Å². The molecule has 6 rings (SSSR count). The summed E-state index contributed by atoms with van der Waals surface area (Å²) in [6.45, 7) is 2.53. The lowest BCUT2D eigenvalue weighted by Crippen LogP contribution is -2.23. The Hall–Kier alpha value is -3.13. The van der Waals surface area contributed by atoms with Crippen LogP contribution in [0, 0.1) is 0 Å². The van der Waals surface area contributed by atoms with Crippen LogP contribution in [0.2, 0.25) is 5.02 Å². The number of nitrogens with one attached hydrogen (secondary N) is 3. The van der Waals surface area contributed by atoms with Crippen molar-refractivity contribution in [3.05, 3.63) is 76.4 Å². The van der Waals surface area contributed by atoms with E-state index in [1.54, 1.807) is 6.20 Å². The first-order valence-electron chi connectivity index (χ1n) is 10.9. The molecule has 2 aliphatic heterocycles. The van der Waals surface area contributed by atoms with E-state index in [0.717, 1.165) is 37.0 Å². The number of hydroxylamine groups is 1. The Morgan fingerprint density at radius 1 is 1.09 bits per heavy atom. The number of benzene rings is 2. The normalized spacial score (nSPS) is 18.2. The number of rotatable bonds is 4. The third-order valence-corrected chi connectivity index (χ3v) is 6.41. The summed E-state index contributed by atoms with van der Waals surface area (Å²) in [4.78, 5) is 18.8. The van der Waals surface area contributed by atoms with E-state index in [1.165, 1.54) is 16.7 Å². The molecule has 4 heterocycles. The summed E-state index contributed by atoms with van der Waals surface area (Å²) in [6, 6.07) is 16.8. The highest BCUT2D eigenvalue weighted by Crippen LogP contribution is 2.40. The van der Waals surface area contributed by atoms with Crippen LogP contribution in [0.4, 0.5) is 17.5 Å². The Bertz CT molecular complexity index is 1270. The fourth-order valence-electron chi connectivity index (χ4n) is 4.53. The molecule has 0 amide bonds. The maximum absolute atomic E-state index is 6.52. The lowest BCUT2D eigenvalue weighted by molar-refractivity contribution is 0.157. The quantitative estimate of drug-likeness (QED) is 0.414. The van der Waals surface area contributed by atoms with Gasteiger partial charge in [-0.2, -0.15) is 9.97 Å². The molecule has 1 atom stereocenters. The Labute approximate surface area is 190 Å². The van der Waals surface area contributed by atoms with Crippen molar-refractivity contribution in [1.82, 2.24) is 20.3 Å². The third-order valence-electron chi connectivity index (χ3n) is 6.11. The van der Waals surface area contributed by atoms with Gasteiger partial charge in [-0.3, -0.25) is 4.84 Å². The molecular weight excluding hydrogens is 424 g/mol. The maximum Gasteiger partial charge on any atom is 0.231 e. The van der Waals surface area contributed by atoms with Gasteiger partial charge in [0.25, 0.3) is 0 Å². The third kappa shape index (κ3) is 3.48. The SMILES string of the molecule is Clc1c[nH]c2nc(Nc3ccc4c(c3)CCNC4)nc(N3OCC[C@H]3c3ccccc3)c12. The zero-order valence-corrected chi connectivity index (χ0v) is 18.2. The number of aromatic amines is 1. The molecule has 0 aliphatic carbocycles. The van der Waals surface area contributed by atoms with Gasteiger partial charge in [-0.15, -0.1) is 0 Å². The average Bonchev–Trinajstić information content (AvgIpc) is 3.46. The molecule has 7 nitrogen and oxygen atoms in total. The van der Waals surface area contributed by atoms with Crippen LogP contribution in [0.5, 0.6) is 0 Å². The number of H-pyrrole nitrogens is 1. The minimum atomic E-state index is 0.0596. The van der Waals surface area contributed by atoms with Crippen molar-refractivity contribution in [2.45, 2.75) is 25.4 Å². The molecule has 0 radical (unpaired) electrons. The van der Waals surface area contributed by atoms with E-state index in [0.29, 0.717) is 29.0 Å². The largest absolute Gasteiger partial charge is 0.344 e. The van der Waals surface area contributed by atoms with Gasteiger partial charge >= 0.3 is 0 Å². The molecule has 1 fully saturated rings. The van der Waals surface area contributed by atoms with Crippen molar-refractivity contribution in [2.24, 2.45) is 0 Å². The number of nitrogens with zero attached hydrogens (tertiary/aromatic N) is 3. The maximum atomic E-state index is 6.52. The number of halogens is 1. The molecule has 0 spiro atoms. The Morgan fingerprint density at radius 2 is 2.00 bits per heavy atom. The van der Waals surface area contributed by atoms with Crippen LogP contribution in [-0.4, -0.2) is 28.1 Å². The van der Waals surface area contributed by atoms with Crippen molar-refractivity contribution in [1.29, 1.82) is 0 Å². The van der Waals surface area contributed by atoms with E-state index in [4.69, 9.17) is 21.4 Å². The van der Waals surface area contributed by atoms with Gasteiger partial charge in [0.1, 0.15) is 5.65 Å². The summed E-state index contributed by atoms with van der Waals surface area (Å²) in [6.07, 6.45) is 3.63. The molecule has 32 heavy (non-hydrogen) atoms. The minimum Gasteiger partial charge on any atom is -0.344 e. The highest BCUT2D eigenvalue weighted by molar-refractivity contribution is 6.36. The molecule has 2 aromatic carbocycles. The first-order chi connectivity index (χ1) is 15.8. The monoisotopic (exact) mass is 446 g/mol. The van der Waals surface area contributed by atoms with Gasteiger partial charge in [0.05, 0.1) is 23.1 Å². The van der Waals surface area contributed by atoms with Crippen molar-refractivity contribution in [2.75, 3.05) is 23.5 Å². The van der Waals surface area contributed by atoms with E-state index >= 15 is 0 Å². The molecule has 3 N–H and O–H groups in total. The second kappa shape index (κ2) is 8.09. The molecular formula is C24H23ClN6O. The lowest BCUT2D eigenvalue weighted by atomic mass is 10.0. The van der Waals surface area contributed by atoms with E-state index in [-0.39, 0.29) is 6.04 Å². The first-order valence-corrected chi connectivity index (χ1v) is 11.3. The van der Waals surface area contributed by atoms with Gasteiger partial charge in [-0.1, -0.05) is 48.0 Å². The zero-order valence-electron chi connectivity index (χ0n) is 17.4. The predicted molar refractivity (Wildman–Crippen MR) is 126 cm³/mol. The van der Waals surface area contributed by atoms with Gasteiger partial charge in [0, 0.05) is 24.8 Å². The molecule has 0 bridgehead atoms. The van der Waals surface area contributed by atoms with Crippen molar-refractivity contribution >= 4 is 40.1 Å². The van der Waals surface area contributed by atoms with E-state index in [9.17, 15) is 0 Å². The average molecular weight is 447 g/mol. The summed E-state index contributed by atoms with van der Waals surface area (Å²) in [7, 11) is 0. The molecule has 2 aliphatic rings. The van der Waals surface area contributed by atoms with Crippen LogP contribution in [0.25, 0.3) is 11.0 Å². The van der Waals surface area contributed by atoms with Crippen LogP contribution in [0.15, 0.2) is 54.7 Å². The summed E-state index contributed by atoms with van der Waals surface area (Å²) in [5, 5.41) is 10.0. The lowest BCUT2D eigenvalue weighted by Gasteiger charge is -2.25. The summed E-state index contributed by atoms with van der Waals surface area (Å²) in [5.41, 5.74) is 5.51. The number of anilines is 3. The molecule has 8 heteroatoms. The van der Waals surface area contributed by atoms with Crippen molar-refractivity contribution in [3.8, 4) is 0 Å². The zero-order chi connectivity index (χ0) is 21.5. The Morgan fingerprint density at radius 3 is 2.91 bits per heavy atom. The number of hydrogen-bond donors (Lipinski definition) is 3. The van der Waals surface area contributed by atoms with Crippen LogP contribution < -0.4 is 15.7 Å². The Balaban J connectivity index is 1.40. The van der Waals surface area contributed by atoms with E-state index < -0.39 is 0 Å². The molecule has 0 saturated carbocycles. The van der Waals surface area contributed by atoms with Gasteiger partial charge in [-0.25, -0.2) is 5.06 Å². The van der Waals surface area contributed by atoms with Crippen LogP contribution in [0.1, 0.15) is 29.2 Å². The minimum absolute atomic E-state index is 0.0596. The standard InChI is InChI=1S/C24H23ClN6O/c25-19-14-27-22-21(19)23(31-20(9-11-32-31)15-4-2-1-3-5-15)30-24(29-22)28-18-7-6-17-13-26-10-8-16(17)12-18/h1-7,12,14,20,26H,8-11,13H2,(H2,27,28,29,30)/t20-/m0/s1. The van der Waals surface area contributed by atoms with Crippen LogP contribution in [-0.2, 0) is 17.8 Å². The van der Waals surface area contributed by atoms with Crippen LogP contribution in [0.3, 0.4) is 0 Å². The Kier molecular flexibility index (Phi) is 4.94. The number of fused-ring (bicyclic) bond motifs is 2. The molecule has 1 saturated heterocycles. The highest BCUT2D eigenvalue weighted by atomic mass is 35.5. The number of aromatic nitrogens is 3. The number of hydrogen-bond acceptors (Lipinski definition) is 6. The molecule has 4 aromatic rings. The van der Waals surface area contributed by atoms with E-state index in [2.05, 4.69) is 50.9 Å². The smallest absolute Gasteiger partial charge is 0.231 e. The van der Waals surface area contributed by atoms with Crippen LogP contribution >= 0.6 is 11.6 Å². The van der Waals surface area contributed by atoms with Gasteiger partial charge in [0.15, 0.2) is 5.82 Å². The summed E-state index contributed by atoms with van der Waals surface area (Å²) >= 11 is 6.52. The van der Waals surface area contributed by atoms with Crippen molar-refractivity contribution < 1.29 is 4.84 Å². The first kappa shape index (κ1) is 19.5. The fourth-order valence-corrected chi connectivity index (χ4v) is 4.76. The fraction of sp³-hybridized carbons (Fsp3) is 0.250. The summed E-state index contributed by atoms with van der Waals surface area (Å²) < 4.78 is 0. The molecule has 2 aromatic heterocycles. The molecule has 0 unspecified atom stereocenters. The van der Waals surface area contributed by atoms with Crippen molar-refractivity contribution in [3.63, 3.8) is 0 Å². The van der Waals surface area contributed by atoms with Gasteiger partial charge in [-0.05, 0) is 41.8 Å². The topological polar surface area (TPSA) is 78.1 Å². The summed E-state index contributed by atoms with van der Waals surface area (Å²) in [5.74, 6) is 1.17. The molecule has 162 valence electrons. The predicted octanol–water partition coefficient (Wildman–Crippen LogP) is 4.88. The second-order valence-corrected chi connectivity index (χ2v) is 8.55. The van der Waals surface area contributed by atoms with Gasteiger partial charge in [0.2, 0.25) is 5.95 Å².